The predicted molar refractivity (Wildman–Crippen MR) is 82.1 cm³/mol. The van der Waals surface area contributed by atoms with Crippen LogP contribution in [-0.4, -0.2) is 38.7 Å². The summed E-state index contributed by atoms with van der Waals surface area (Å²) < 4.78 is 29.0. The average molecular weight is 332 g/mol. The van der Waals surface area contributed by atoms with Crippen LogP contribution in [0.2, 0.25) is 0 Å². The second kappa shape index (κ2) is 5.96. The Morgan fingerprint density at radius 1 is 1.29 bits per heavy atom. The molecule has 2 fully saturated rings. The Labute approximate surface area is 138 Å². The summed E-state index contributed by atoms with van der Waals surface area (Å²) in [6.45, 7) is 1.30. The van der Waals surface area contributed by atoms with Gasteiger partial charge in [-0.25, -0.2) is 18.4 Å². The van der Waals surface area contributed by atoms with Crippen molar-refractivity contribution in [3.63, 3.8) is 0 Å². The van der Waals surface area contributed by atoms with E-state index in [1.165, 1.54) is 12.4 Å². The predicted octanol–water partition coefficient (Wildman–Crippen LogP) is 2.52. The number of nitrogens with zero attached hydrogens (tertiary/aromatic N) is 4. The third-order valence-corrected chi connectivity index (χ3v) is 4.98. The number of piperidine rings is 1. The molecule has 126 valence electrons. The Kier molecular flexibility index (Phi) is 3.78. The molecule has 2 aliphatic rings. The Balaban J connectivity index is 1.44. The SMILES string of the molecule is O=C([C@@H]1C[C@@H]1c1cc(F)ccc1F)N1CCC[C@@H](n2cncn2)C1. The minimum Gasteiger partial charge on any atom is -0.340 e. The molecule has 1 amide bonds. The van der Waals surface area contributed by atoms with Gasteiger partial charge in [-0.15, -0.1) is 0 Å². The fraction of sp³-hybridized carbons (Fsp3) is 0.471. The van der Waals surface area contributed by atoms with Gasteiger partial charge in [-0.1, -0.05) is 0 Å². The third kappa shape index (κ3) is 2.79. The van der Waals surface area contributed by atoms with Crippen LogP contribution in [-0.2, 0) is 4.79 Å². The van der Waals surface area contributed by atoms with Gasteiger partial charge < -0.3 is 4.90 Å². The van der Waals surface area contributed by atoms with Gasteiger partial charge in [0.05, 0.1) is 6.04 Å². The van der Waals surface area contributed by atoms with Crippen LogP contribution in [0, 0.1) is 17.6 Å². The van der Waals surface area contributed by atoms with Crippen molar-refractivity contribution in [1.29, 1.82) is 0 Å². The lowest BCUT2D eigenvalue weighted by atomic mass is 10.0. The van der Waals surface area contributed by atoms with E-state index in [4.69, 9.17) is 0 Å². The number of benzene rings is 1. The smallest absolute Gasteiger partial charge is 0.226 e. The number of hydrogen-bond acceptors (Lipinski definition) is 3. The normalized spacial score (nSPS) is 26.4. The molecule has 0 unspecified atom stereocenters. The van der Waals surface area contributed by atoms with Crippen LogP contribution >= 0.6 is 0 Å². The molecule has 1 saturated carbocycles. The van der Waals surface area contributed by atoms with E-state index in [-0.39, 0.29) is 23.8 Å². The average Bonchev–Trinajstić information content (AvgIpc) is 3.19. The first-order valence-electron chi connectivity index (χ1n) is 8.21. The van der Waals surface area contributed by atoms with Gasteiger partial charge >= 0.3 is 0 Å². The Morgan fingerprint density at radius 3 is 2.96 bits per heavy atom. The molecule has 1 aliphatic heterocycles. The highest BCUT2D eigenvalue weighted by Crippen LogP contribution is 2.49. The van der Waals surface area contributed by atoms with Crippen molar-refractivity contribution in [3.05, 3.63) is 48.1 Å². The van der Waals surface area contributed by atoms with E-state index in [1.54, 1.807) is 11.0 Å². The molecule has 5 nitrogen and oxygen atoms in total. The molecule has 1 aliphatic carbocycles. The van der Waals surface area contributed by atoms with Gasteiger partial charge in [0, 0.05) is 19.0 Å². The highest BCUT2D eigenvalue weighted by Gasteiger charge is 2.47. The van der Waals surface area contributed by atoms with Crippen LogP contribution < -0.4 is 0 Å². The topological polar surface area (TPSA) is 51.0 Å². The molecule has 0 bridgehead atoms. The van der Waals surface area contributed by atoms with Crippen LogP contribution in [0.1, 0.15) is 36.8 Å². The Morgan fingerprint density at radius 2 is 2.17 bits per heavy atom. The zero-order valence-corrected chi connectivity index (χ0v) is 13.1. The number of hydrogen-bond donors (Lipinski definition) is 0. The molecule has 0 spiro atoms. The monoisotopic (exact) mass is 332 g/mol. The molecule has 0 N–H and O–H groups in total. The molecular formula is C17H18F2N4O. The highest BCUT2D eigenvalue weighted by atomic mass is 19.1. The lowest BCUT2D eigenvalue weighted by molar-refractivity contribution is -0.134. The first kappa shape index (κ1) is 15.2. The summed E-state index contributed by atoms with van der Waals surface area (Å²) >= 11 is 0. The summed E-state index contributed by atoms with van der Waals surface area (Å²) in [6, 6.07) is 3.58. The first-order valence-corrected chi connectivity index (χ1v) is 8.21. The standard InChI is InChI=1S/C17H18F2N4O/c18-11-3-4-16(19)14(6-11)13-7-15(13)17(24)22-5-1-2-12(8-22)23-10-20-9-21-23/h3-4,6,9-10,12-13,15H,1-2,5,7-8H2/t12-,13-,15-/m1/s1. The maximum absolute atomic E-state index is 13.9. The van der Waals surface area contributed by atoms with Crippen LogP contribution in [0.15, 0.2) is 30.9 Å². The molecule has 4 rings (SSSR count). The summed E-state index contributed by atoms with van der Waals surface area (Å²) in [5.41, 5.74) is 0.318. The van der Waals surface area contributed by atoms with Gasteiger partial charge in [0.25, 0.3) is 0 Å². The number of amides is 1. The zero-order valence-electron chi connectivity index (χ0n) is 13.1. The van der Waals surface area contributed by atoms with Gasteiger partial charge in [0.1, 0.15) is 24.3 Å². The number of aromatic nitrogens is 3. The van der Waals surface area contributed by atoms with Gasteiger partial charge in [-0.05, 0) is 48.9 Å². The number of carbonyl (C=O) groups excluding carboxylic acids is 1. The van der Waals surface area contributed by atoms with Gasteiger partial charge in [0.15, 0.2) is 0 Å². The molecule has 24 heavy (non-hydrogen) atoms. The second-order valence-corrected chi connectivity index (χ2v) is 6.57. The summed E-state index contributed by atoms with van der Waals surface area (Å²) in [4.78, 5) is 18.5. The van der Waals surface area contributed by atoms with E-state index in [9.17, 15) is 13.6 Å². The molecule has 0 radical (unpaired) electrons. The van der Waals surface area contributed by atoms with E-state index in [1.807, 2.05) is 4.90 Å². The van der Waals surface area contributed by atoms with Crippen molar-refractivity contribution in [2.45, 2.75) is 31.2 Å². The second-order valence-electron chi connectivity index (χ2n) is 6.57. The van der Waals surface area contributed by atoms with Gasteiger partial charge in [0.2, 0.25) is 5.91 Å². The maximum atomic E-state index is 13.9. The summed E-state index contributed by atoms with van der Waals surface area (Å²) in [6.07, 6.45) is 5.61. The molecule has 2 aromatic rings. The highest BCUT2D eigenvalue weighted by molar-refractivity contribution is 5.83. The minimum absolute atomic E-state index is 0.0356. The van der Waals surface area contributed by atoms with E-state index in [0.29, 0.717) is 25.1 Å². The zero-order chi connectivity index (χ0) is 16.7. The summed E-state index contributed by atoms with van der Waals surface area (Å²) in [5, 5.41) is 4.15. The fourth-order valence-corrected chi connectivity index (χ4v) is 3.62. The summed E-state index contributed by atoms with van der Waals surface area (Å²) in [7, 11) is 0. The number of carbonyl (C=O) groups is 1. The molecule has 1 saturated heterocycles. The first-order chi connectivity index (χ1) is 11.6. The van der Waals surface area contributed by atoms with Crippen LogP contribution in [0.5, 0.6) is 0 Å². The Bertz CT molecular complexity index is 749. The van der Waals surface area contributed by atoms with Crippen molar-refractivity contribution in [2.75, 3.05) is 13.1 Å². The van der Waals surface area contributed by atoms with Gasteiger partial charge in [-0.2, -0.15) is 5.10 Å². The minimum atomic E-state index is -0.464. The van der Waals surface area contributed by atoms with E-state index >= 15 is 0 Å². The van der Waals surface area contributed by atoms with Gasteiger partial charge in [-0.3, -0.25) is 4.79 Å². The molecule has 7 heteroatoms. The van der Waals surface area contributed by atoms with Crippen molar-refractivity contribution in [3.8, 4) is 0 Å². The quantitative estimate of drug-likeness (QED) is 0.868. The largest absolute Gasteiger partial charge is 0.340 e. The number of rotatable bonds is 3. The lowest BCUT2D eigenvalue weighted by Gasteiger charge is -2.32. The number of likely N-dealkylation sites (tertiary alicyclic amines) is 1. The van der Waals surface area contributed by atoms with Crippen molar-refractivity contribution in [1.82, 2.24) is 19.7 Å². The fourth-order valence-electron chi connectivity index (χ4n) is 3.62. The van der Waals surface area contributed by atoms with Crippen molar-refractivity contribution >= 4 is 5.91 Å². The van der Waals surface area contributed by atoms with Crippen molar-refractivity contribution in [2.24, 2.45) is 5.92 Å². The molecule has 3 atom stereocenters. The Hall–Kier alpha value is -2.31. The lowest BCUT2D eigenvalue weighted by Crippen LogP contribution is -2.41. The van der Waals surface area contributed by atoms with Crippen LogP contribution in [0.25, 0.3) is 0 Å². The molecule has 2 heterocycles. The third-order valence-electron chi connectivity index (χ3n) is 4.98. The van der Waals surface area contributed by atoms with Crippen molar-refractivity contribution < 1.29 is 13.6 Å². The van der Waals surface area contributed by atoms with E-state index < -0.39 is 11.6 Å². The van der Waals surface area contributed by atoms with E-state index in [0.717, 1.165) is 25.0 Å². The number of halogens is 2. The van der Waals surface area contributed by atoms with Crippen LogP contribution in [0.4, 0.5) is 8.78 Å². The van der Waals surface area contributed by atoms with Crippen LogP contribution in [0.3, 0.4) is 0 Å². The molecule has 1 aromatic carbocycles. The summed E-state index contributed by atoms with van der Waals surface area (Å²) in [5.74, 6) is -1.31. The van der Waals surface area contributed by atoms with E-state index in [2.05, 4.69) is 10.1 Å². The molecular weight excluding hydrogens is 314 g/mol. The maximum Gasteiger partial charge on any atom is 0.226 e. The molecule has 1 aromatic heterocycles.